The van der Waals surface area contributed by atoms with Crippen LogP contribution in [0.3, 0.4) is 0 Å². The third-order valence-electron chi connectivity index (χ3n) is 7.16. The Bertz CT molecular complexity index is 1490. The number of halogens is 1. The number of aromatic nitrogens is 3. The number of nitrogens with zero attached hydrogens (tertiary/aromatic N) is 4. The topological polar surface area (TPSA) is 104 Å². The highest BCUT2D eigenvalue weighted by molar-refractivity contribution is 6.32. The van der Waals surface area contributed by atoms with E-state index in [1.807, 2.05) is 42.6 Å². The number of piperidine rings is 1. The lowest BCUT2D eigenvalue weighted by Gasteiger charge is -2.32. The zero-order valence-corrected chi connectivity index (χ0v) is 22.7. The zero-order chi connectivity index (χ0) is 27.3. The molecule has 1 fully saturated rings. The minimum Gasteiger partial charge on any atom is -0.445 e. The van der Waals surface area contributed by atoms with Gasteiger partial charge in [-0.3, -0.25) is 4.98 Å². The van der Waals surface area contributed by atoms with Gasteiger partial charge in [0.1, 0.15) is 11.6 Å². The molecule has 0 atom stereocenters. The molecule has 3 N–H and O–H groups in total. The van der Waals surface area contributed by atoms with E-state index in [4.69, 9.17) is 16.3 Å². The number of hydrogen-bond donors (Lipinski definition) is 3. The Morgan fingerprint density at radius 3 is 2.70 bits per heavy atom. The summed E-state index contributed by atoms with van der Waals surface area (Å²) in [4.78, 5) is 27.6. The van der Waals surface area contributed by atoms with Crippen LogP contribution in [0.1, 0.15) is 29.5 Å². The predicted molar refractivity (Wildman–Crippen MR) is 157 cm³/mol. The highest BCUT2D eigenvalue weighted by Gasteiger charge is 2.24. The van der Waals surface area contributed by atoms with Gasteiger partial charge in [-0.15, -0.1) is 0 Å². The van der Waals surface area contributed by atoms with Crippen LogP contribution in [0.4, 0.5) is 33.6 Å². The minimum atomic E-state index is -0.257. The predicted octanol–water partition coefficient (Wildman–Crippen LogP) is 6.32. The van der Waals surface area contributed by atoms with E-state index in [9.17, 15) is 4.79 Å². The number of carbonyl (C=O) groups excluding carboxylic acids is 1. The van der Waals surface area contributed by atoms with Crippen LogP contribution in [-0.2, 0) is 24.2 Å². The summed E-state index contributed by atoms with van der Waals surface area (Å²) in [6.45, 7) is 1.60. The summed E-state index contributed by atoms with van der Waals surface area (Å²) >= 11 is 6.40. The Hall–Kier alpha value is -4.37. The average Bonchev–Trinajstić information content (AvgIpc) is 2.99. The second-order valence-electron chi connectivity index (χ2n) is 10.0. The van der Waals surface area contributed by atoms with Gasteiger partial charge in [0.15, 0.2) is 5.82 Å². The third-order valence-corrected chi connectivity index (χ3v) is 7.44. The van der Waals surface area contributed by atoms with E-state index < -0.39 is 0 Å². The highest BCUT2D eigenvalue weighted by Crippen LogP contribution is 2.30. The second-order valence-corrected chi connectivity index (χ2v) is 10.4. The van der Waals surface area contributed by atoms with E-state index >= 15 is 0 Å². The molecule has 2 aliphatic heterocycles. The molecule has 0 aliphatic carbocycles. The van der Waals surface area contributed by atoms with Crippen molar-refractivity contribution in [1.29, 1.82) is 0 Å². The average molecular weight is 556 g/mol. The molecule has 9 nitrogen and oxygen atoms in total. The molecule has 6 bridgehead atoms. The van der Waals surface area contributed by atoms with Crippen LogP contribution >= 0.6 is 11.6 Å². The van der Waals surface area contributed by atoms with Crippen LogP contribution in [0.5, 0.6) is 0 Å². The first-order valence-electron chi connectivity index (χ1n) is 13.4. The van der Waals surface area contributed by atoms with Gasteiger partial charge in [-0.25, -0.2) is 9.78 Å². The number of pyridine rings is 1. The molecule has 0 unspecified atom stereocenters. The molecule has 204 valence electrons. The van der Waals surface area contributed by atoms with Gasteiger partial charge in [-0.05, 0) is 66.6 Å². The molecule has 1 amide bonds. The zero-order valence-electron chi connectivity index (χ0n) is 21.9. The van der Waals surface area contributed by atoms with Gasteiger partial charge in [0.2, 0.25) is 5.95 Å². The number of ether oxygens (including phenoxy) is 1. The quantitative estimate of drug-likeness (QED) is 0.268. The van der Waals surface area contributed by atoms with Crippen LogP contribution < -0.4 is 16.0 Å². The number of likely N-dealkylation sites (tertiary alicyclic amines) is 1. The smallest absolute Gasteiger partial charge is 0.410 e. The molecule has 0 spiro atoms. The number of carbonyl (C=O) groups is 1. The van der Waals surface area contributed by atoms with Crippen LogP contribution in [0.15, 0.2) is 73.2 Å². The number of benzene rings is 2. The van der Waals surface area contributed by atoms with Crippen molar-refractivity contribution in [3.8, 4) is 0 Å². The molecule has 40 heavy (non-hydrogen) atoms. The summed E-state index contributed by atoms with van der Waals surface area (Å²) in [6, 6.07) is 18.3. The number of nitrogens with one attached hydrogen (secondary N) is 3. The van der Waals surface area contributed by atoms with Gasteiger partial charge in [0.25, 0.3) is 0 Å². The molecule has 2 aromatic carbocycles. The molecule has 2 aromatic heterocycles. The number of hydrogen-bond acceptors (Lipinski definition) is 8. The fourth-order valence-corrected chi connectivity index (χ4v) is 5.15. The molecule has 1 saturated heterocycles. The van der Waals surface area contributed by atoms with Gasteiger partial charge in [-0.1, -0.05) is 41.9 Å². The molecular formula is C30H30ClN7O2. The lowest BCUT2D eigenvalue weighted by Crippen LogP contribution is -2.42. The van der Waals surface area contributed by atoms with Crippen molar-refractivity contribution in [2.24, 2.45) is 0 Å². The summed E-state index contributed by atoms with van der Waals surface area (Å²) in [5.74, 6) is 0.972. The van der Waals surface area contributed by atoms with Crippen molar-refractivity contribution in [2.75, 3.05) is 29.0 Å². The van der Waals surface area contributed by atoms with Crippen molar-refractivity contribution in [3.63, 3.8) is 0 Å². The van der Waals surface area contributed by atoms with E-state index in [0.29, 0.717) is 29.9 Å². The van der Waals surface area contributed by atoms with Gasteiger partial charge in [0, 0.05) is 36.7 Å². The maximum atomic E-state index is 12.6. The minimum absolute atomic E-state index is 0.255. The molecule has 4 heterocycles. The Morgan fingerprint density at radius 1 is 1.00 bits per heavy atom. The van der Waals surface area contributed by atoms with Crippen molar-refractivity contribution in [1.82, 2.24) is 19.9 Å². The lowest BCUT2D eigenvalue weighted by atomic mass is 10.0. The fourth-order valence-electron chi connectivity index (χ4n) is 5.01. The van der Waals surface area contributed by atoms with Crippen LogP contribution in [0.25, 0.3) is 0 Å². The number of aryl methyl sites for hydroxylation is 2. The van der Waals surface area contributed by atoms with Gasteiger partial charge < -0.3 is 25.6 Å². The van der Waals surface area contributed by atoms with E-state index in [2.05, 4.69) is 49.1 Å². The molecule has 4 aromatic rings. The number of amides is 1. The summed E-state index contributed by atoms with van der Waals surface area (Å²) in [5, 5.41) is 10.7. The monoisotopic (exact) mass is 555 g/mol. The molecule has 6 rings (SSSR count). The lowest BCUT2D eigenvalue weighted by molar-refractivity contribution is 0.0882. The third kappa shape index (κ3) is 6.26. The largest absolute Gasteiger partial charge is 0.445 e. The highest BCUT2D eigenvalue weighted by atomic mass is 35.5. The SMILES string of the molecule is O=C(OCc1ccccc1)N1CCC(Nc2ccc3cc2CCc2cncc(c2)Nc2ncc(Cl)c(n2)N3)CC1. The van der Waals surface area contributed by atoms with Crippen molar-refractivity contribution in [2.45, 2.75) is 38.3 Å². The summed E-state index contributed by atoms with van der Waals surface area (Å²) in [6.07, 6.45) is 8.31. The van der Waals surface area contributed by atoms with Gasteiger partial charge >= 0.3 is 6.09 Å². The van der Waals surface area contributed by atoms with Crippen molar-refractivity contribution < 1.29 is 9.53 Å². The van der Waals surface area contributed by atoms with Crippen LogP contribution in [-0.4, -0.2) is 45.1 Å². The first-order valence-corrected chi connectivity index (χ1v) is 13.8. The number of anilines is 5. The van der Waals surface area contributed by atoms with Gasteiger partial charge in [-0.2, -0.15) is 4.98 Å². The Morgan fingerprint density at radius 2 is 1.85 bits per heavy atom. The Labute approximate surface area is 238 Å². The second kappa shape index (κ2) is 11.8. The van der Waals surface area contributed by atoms with Crippen LogP contribution in [0.2, 0.25) is 5.02 Å². The summed E-state index contributed by atoms with van der Waals surface area (Å²) in [5.41, 5.74) is 6.09. The maximum absolute atomic E-state index is 12.6. The van der Waals surface area contributed by atoms with E-state index in [0.717, 1.165) is 53.9 Å². The van der Waals surface area contributed by atoms with Crippen molar-refractivity contribution in [3.05, 3.63) is 94.9 Å². The van der Waals surface area contributed by atoms with Crippen LogP contribution in [0, 0.1) is 0 Å². The molecule has 10 heteroatoms. The Kier molecular flexibility index (Phi) is 7.63. The number of fused-ring (bicyclic) bond motifs is 6. The maximum Gasteiger partial charge on any atom is 0.410 e. The Balaban J connectivity index is 1.14. The normalized spacial score (nSPS) is 15.0. The molecule has 2 aliphatic rings. The first-order chi connectivity index (χ1) is 19.6. The van der Waals surface area contributed by atoms with E-state index in [1.165, 1.54) is 5.56 Å². The van der Waals surface area contributed by atoms with E-state index in [1.54, 1.807) is 17.3 Å². The molecule has 0 saturated carbocycles. The number of rotatable bonds is 4. The molecular weight excluding hydrogens is 526 g/mol. The summed E-state index contributed by atoms with van der Waals surface area (Å²) < 4.78 is 5.53. The first kappa shape index (κ1) is 25.9. The standard InChI is InChI=1S/C30H30ClN7O2/c31-26-18-33-29-36-25-14-21(16-32-17-25)6-7-22-15-24(35-28(26)37-29)8-9-27(22)34-23-10-12-38(13-11-23)30(39)40-19-20-4-2-1-3-5-20/h1-5,8-9,14-18,23,34H,6-7,10-13,19H2,(H2,33,35,36,37). The summed E-state index contributed by atoms with van der Waals surface area (Å²) in [7, 11) is 0. The molecule has 0 radical (unpaired) electrons. The van der Waals surface area contributed by atoms with Crippen molar-refractivity contribution >= 4 is 46.5 Å². The fraction of sp³-hybridized carbons (Fsp3) is 0.267. The van der Waals surface area contributed by atoms with Gasteiger partial charge in [0.05, 0.1) is 18.1 Å². The van der Waals surface area contributed by atoms with E-state index in [-0.39, 0.29) is 18.7 Å².